The number of rotatable bonds is 3. The largest absolute Gasteiger partial charge is 0.392 e. The van der Waals surface area contributed by atoms with Gasteiger partial charge < -0.3 is 10.4 Å². The summed E-state index contributed by atoms with van der Waals surface area (Å²) in [5, 5.41) is 12.9. The molecule has 2 N–H and O–H groups in total. The van der Waals surface area contributed by atoms with Crippen LogP contribution in [0, 0.1) is 5.92 Å². The number of hydrogen-bond acceptors (Lipinski definition) is 4. The molecule has 3 atom stereocenters. The van der Waals surface area contributed by atoms with Crippen molar-refractivity contribution in [3.63, 3.8) is 0 Å². The number of sulfone groups is 1. The smallest absolute Gasteiger partial charge is 0.150 e. The molecule has 88 valence electrons. The first-order valence-corrected chi connectivity index (χ1v) is 7.51. The SMILES string of the molecule is O=S1(=O)CCC(CN[C@@H]2CCC[C@H]2O)C1. The van der Waals surface area contributed by atoms with Gasteiger partial charge in [0.05, 0.1) is 17.6 Å². The van der Waals surface area contributed by atoms with E-state index in [0.717, 1.165) is 32.2 Å². The Hall–Kier alpha value is -0.130. The van der Waals surface area contributed by atoms with Crippen LogP contribution in [0.25, 0.3) is 0 Å². The van der Waals surface area contributed by atoms with E-state index in [1.807, 2.05) is 0 Å². The van der Waals surface area contributed by atoms with Crippen LogP contribution in [0.2, 0.25) is 0 Å². The van der Waals surface area contributed by atoms with Crippen LogP contribution in [-0.2, 0) is 9.84 Å². The van der Waals surface area contributed by atoms with Crippen LogP contribution in [-0.4, -0.2) is 43.7 Å². The molecule has 1 unspecified atom stereocenters. The molecule has 1 saturated heterocycles. The number of nitrogens with one attached hydrogen (secondary N) is 1. The summed E-state index contributed by atoms with van der Waals surface area (Å²) in [5.41, 5.74) is 0. The summed E-state index contributed by atoms with van der Waals surface area (Å²) in [4.78, 5) is 0. The quantitative estimate of drug-likeness (QED) is 0.716. The molecule has 0 aromatic carbocycles. The highest BCUT2D eigenvalue weighted by molar-refractivity contribution is 7.91. The fourth-order valence-corrected chi connectivity index (χ4v) is 4.39. The van der Waals surface area contributed by atoms with E-state index >= 15 is 0 Å². The Kier molecular flexibility index (Phi) is 3.33. The zero-order valence-corrected chi connectivity index (χ0v) is 9.67. The van der Waals surface area contributed by atoms with Gasteiger partial charge in [-0.15, -0.1) is 0 Å². The fourth-order valence-electron chi connectivity index (χ4n) is 2.53. The Morgan fingerprint density at radius 2 is 2.07 bits per heavy atom. The van der Waals surface area contributed by atoms with Crippen LogP contribution < -0.4 is 5.32 Å². The summed E-state index contributed by atoms with van der Waals surface area (Å²) in [6.07, 6.45) is 3.50. The predicted molar refractivity (Wildman–Crippen MR) is 58.4 cm³/mol. The Labute approximate surface area is 91.0 Å². The third-order valence-corrected chi connectivity index (χ3v) is 5.31. The predicted octanol–water partition coefficient (Wildman–Crippen LogP) is -0.0759. The van der Waals surface area contributed by atoms with Gasteiger partial charge in [0.2, 0.25) is 0 Å². The summed E-state index contributed by atoms with van der Waals surface area (Å²) in [6, 6.07) is 0.188. The van der Waals surface area contributed by atoms with Crippen LogP contribution in [0.5, 0.6) is 0 Å². The molecule has 2 rings (SSSR count). The second kappa shape index (κ2) is 4.39. The maximum Gasteiger partial charge on any atom is 0.150 e. The van der Waals surface area contributed by atoms with Gasteiger partial charge in [-0.3, -0.25) is 0 Å². The van der Waals surface area contributed by atoms with Gasteiger partial charge in [0.15, 0.2) is 9.84 Å². The molecule has 1 aliphatic heterocycles. The van der Waals surface area contributed by atoms with Gasteiger partial charge in [-0.25, -0.2) is 8.42 Å². The topological polar surface area (TPSA) is 66.4 Å². The molecule has 0 amide bonds. The van der Waals surface area contributed by atoms with E-state index in [-0.39, 0.29) is 18.1 Å². The Bertz CT molecular complexity index is 315. The monoisotopic (exact) mass is 233 g/mol. The summed E-state index contributed by atoms with van der Waals surface area (Å²) in [5.74, 6) is 0.915. The first-order chi connectivity index (χ1) is 7.07. The molecule has 0 aromatic heterocycles. The van der Waals surface area contributed by atoms with Gasteiger partial charge in [0.25, 0.3) is 0 Å². The van der Waals surface area contributed by atoms with Crippen molar-refractivity contribution in [1.29, 1.82) is 0 Å². The lowest BCUT2D eigenvalue weighted by Gasteiger charge is -2.18. The van der Waals surface area contributed by atoms with Crippen molar-refractivity contribution < 1.29 is 13.5 Å². The van der Waals surface area contributed by atoms with Crippen molar-refractivity contribution in [3.8, 4) is 0 Å². The van der Waals surface area contributed by atoms with Crippen molar-refractivity contribution in [3.05, 3.63) is 0 Å². The van der Waals surface area contributed by atoms with E-state index in [9.17, 15) is 13.5 Å². The van der Waals surface area contributed by atoms with Crippen molar-refractivity contribution >= 4 is 9.84 Å². The maximum atomic E-state index is 11.2. The number of aliphatic hydroxyl groups is 1. The molecule has 15 heavy (non-hydrogen) atoms. The van der Waals surface area contributed by atoms with Crippen LogP contribution in [0.4, 0.5) is 0 Å². The standard InChI is InChI=1S/C10H19NO3S/c12-10-3-1-2-9(10)11-6-8-4-5-15(13,14)7-8/h8-12H,1-7H2/t8?,9-,10-/m1/s1. The lowest BCUT2D eigenvalue weighted by atomic mass is 10.1. The minimum atomic E-state index is -2.76. The van der Waals surface area contributed by atoms with E-state index < -0.39 is 9.84 Å². The lowest BCUT2D eigenvalue weighted by Crippen LogP contribution is -2.38. The second-order valence-corrected chi connectivity index (χ2v) is 7.01. The second-order valence-electron chi connectivity index (χ2n) is 4.78. The van der Waals surface area contributed by atoms with E-state index in [4.69, 9.17) is 0 Å². The molecule has 5 heteroatoms. The molecule has 4 nitrogen and oxygen atoms in total. The molecule has 1 heterocycles. The maximum absolute atomic E-state index is 11.2. The zero-order chi connectivity index (χ0) is 10.9. The van der Waals surface area contributed by atoms with Crippen LogP contribution >= 0.6 is 0 Å². The summed E-state index contributed by atoms with van der Waals surface area (Å²) < 4.78 is 22.4. The molecule has 2 fully saturated rings. The van der Waals surface area contributed by atoms with Gasteiger partial charge in [-0.05, 0) is 38.1 Å². The van der Waals surface area contributed by atoms with Crippen LogP contribution in [0.1, 0.15) is 25.7 Å². The van der Waals surface area contributed by atoms with E-state index in [2.05, 4.69) is 5.32 Å². The highest BCUT2D eigenvalue weighted by Gasteiger charge is 2.30. The average molecular weight is 233 g/mol. The van der Waals surface area contributed by atoms with Gasteiger partial charge >= 0.3 is 0 Å². The van der Waals surface area contributed by atoms with Gasteiger partial charge in [0.1, 0.15) is 0 Å². The minimum Gasteiger partial charge on any atom is -0.392 e. The Morgan fingerprint density at radius 1 is 1.27 bits per heavy atom. The molecule has 0 radical (unpaired) electrons. The molecule has 2 aliphatic rings. The van der Waals surface area contributed by atoms with E-state index in [1.165, 1.54) is 0 Å². The fraction of sp³-hybridized carbons (Fsp3) is 1.00. The van der Waals surface area contributed by atoms with Gasteiger partial charge in [-0.1, -0.05) is 0 Å². The van der Waals surface area contributed by atoms with Crippen molar-refractivity contribution in [2.24, 2.45) is 5.92 Å². The first kappa shape index (κ1) is 11.4. The van der Waals surface area contributed by atoms with Gasteiger partial charge in [-0.2, -0.15) is 0 Å². The Balaban J connectivity index is 1.75. The number of aliphatic hydroxyl groups excluding tert-OH is 1. The van der Waals surface area contributed by atoms with Crippen molar-refractivity contribution in [2.45, 2.75) is 37.8 Å². The summed E-state index contributed by atoms with van der Waals surface area (Å²) in [6.45, 7) is 0.737. The Morgan fingerprint density at radius 3 is 2.60 bits per heavy atom. The highest BCUT2D eigenvalue weighted by Crippen LogP contribution is 2.21. The molecular weight excluding hydrogens is 214 g/mol. The molecule has 0 bridgehead atoms. The average Bonchev–Trinajstić information content (AvgIpc) is 2.69. The normalized spacial score (nSPS) is 39.7. The van der Waals surface area contributed by atoms with E-state index in [0.29, 0.717) is 11.5 Å². The first-order valence-electron chi connectivity index (χ1n) is 5.69. The summed E-state index contributed by atoms with van der Waals surface area (Å²) >= 11 is 0. The number of hydrogen-bond donors (Lipinski definition) is 2. The third-order valence-electron chi connectivity index (χ3n) is 3.47. The van der Waals surface area contributed by atoms with Crippen LogP contribution in [0.15, 0.2) is 0 Å². The molecule has 0 aromatic rings. The van der Waals surface area contributed by atoms with Crippen molar-refractivity contribution in [1.82, 2.24) is 5.32 Å². The lowest BCUT2D eigenvalue weighted by molar-refractivity contribution is 0.147. The molecule has 1 aliphatic carbocycles. The highest BCUT2D eigenvalue weighted by atomic mass is 32.2. The summed E-state index contributed by atoms with van der Waals surface area (Å²) in [7, 11) is -2.76. The zero-order valence-electron chi connectivity index (χ0n) is 8.85. The van der Waals surface area contributed by atoms with Gasteiger partial charge in [0, 0.05) is 6.04 Å². The molecular formula is C10H19NO3S. The van der Waals surface area contributed by atoms with Crippen LogP contribution in [0.3, 0.4) is 0 Å². The minimum absolute atomic E-state index is 0.188. The molecule has 1 saturated carbocycles. The third kappa shape index (κ3) is 2.92. The van der Waals surface area contributed by atoms with Crippen molar-refractivity contribution in [2.75, 3.05) is 18.1 Å². The molecule has 0 spiro atoms. The van der Waals surface area contributed by atoms with E-state index in [1.54, 1.807) is 0 Å².